The number of rotatable bonds is 6. The minimum atomic E-state index is -0.00516. The first-order valence-electron chi connectivity index (χ1n) is 5.00. The highest BCUT2D eigenvalue weighted by molar-refractivity contribution is 4.80. The Morgan fingerprint density at radius 1 is 1.42 bits per heavy atom. The van der Waals surface area contributed by atoms with Crippen molar-refractivity contribution in [3.05, 3.63) is 0 Å². The lowest BCUT2D eigenvalue weighted by Gasteiger charge is -2.27. The van der Waals surface area contributed by atoms with Crippen molar-refractivity contribution >= 4 is 0 Å². The van der Waals surface area contributed by atoms with E-state index in [-0.39, 0.29) is 5.54 Å². The molecule has 2 atom stereocenters. The summed E-state index contributed by atoms with van der Waals surface area (Å²) in [7, 11) is 0. The predicted molar refractivity (Wildman–Crippen MR) is 55.0 cm³/mol. The molecule has 0 aliphatic heterocycles. The second kappa shape index (κ2) is 5.55. The highest BCUT2D eigenvalue weighted by Gasteiger charge is 2.19. The van der Waals surface area contributed by atoms with E-state index in [1.165, 1.54) is 12.8 Å². The molecule has 2 nitrogen and oxygen atoms in total. The van der Waals surface area contributed by atoms with Gasteiger partial charge in [0.15, 0.2) is 0 Å². The van der Waals surface area contributed by atoms with Gasteiger partial charge in [-0.05, 0) is 32.2 Å². The maximum absolute atomic E-state index is 6.12. The van der Waals surface area contributed by atoms with Crippen LogP contribution in [0.3, 0.4) is 0 Å². The Hall–Kier alpha value is -0.0800. The zero-order chi connectivity index (χ0) is 9.61. The zero-order valence-electron chi connectivity index (χ0n) is 8.77. The van der Waals surface area contributed by atoms with Gasteiger partial charge in [0.1, 0.15) is 0 Å². The van der Waals surface area contributed by atoms with Gasteiger partial charge < -0.3 is 11.5 Å². The van der Waals surface area contributed by atoms with Gasteiger partial charge in [-0.1, -0.05) is 26.7 Å². The molecule has 0 amide bonds. The van der Waals surface area contributed by atoms with Crippen molar-refractivity contribution < 1.29 is 0 Å². The summed E-state index contributed by atoms with van der Waals surface area (Å²) in [5.74, 6) is 0.553. The molecule has 0 spiro atoms. The summed E-state index contributed by atoms with van der Waals surface area (Å²) < 4.78 is 0. The molecule has 74 valence electrons. The SMILES string of the molecule is CCCCC(C)(N)CC(C)CN. The third-order valence-corrected chi connectivity index (χ3v) is 2.32. The lowest BCUT2D eigenvalue weighted by atomic mass is 9.86. The van der Waals surface area contributed by atoms with Crippen molar-refractivity contribution in [2.75, 3.05) is 6.54 Å². The largest absolute Gasteiger partial charge is 0.330 e. The van der Waals surface area contributed by atoms with E-state index in [0.29, 0.717) is 5.92 Å². The lowest BCUT2D eigenvalue weighted by molar-refractivity contribution is 0.330. The molecular formula is C10H24N2. The van der Waals surface area contributed by atoms with E-state index in [1.54, 1.807) is 0 Å². The van der Waals surface area contributed by atoms with Crippen LogP contribution in [0.1, 0.15) is 46.5 Å². The predicted octanol–water partition coefficient (Wildman–Crippen LogP) is 1.88. The average molecular weight is 172 g/mol. The Bertz CT molecular complexity index is 110. The molecule has 0 aliphatic carbocycles. The number of hydrogen-bond acceptors (Lipinski definition) is 2. The molecule has 0 aromatic carbocycles. The van der Waals surface area contributed by atoms with Crippen LogP contribution < -0.4 is 11.5 Å². The first-order chi connectivity index (χ1) is 5.52. The Labute approximate surface area is 76.7 Å². The monoisotopic (exact) mass is 172 g/mol. The Morgan fingerprint density at radius 2 is 2.00 bits per heavy atom. The quantitative estimate of drug-likeness (QED) is 0.642. The maximum Gasteiger partial charge on any atom is 0.0128 e. The summed E-state index contributed by atoms with van der Waals surface area (Å²) in [6.07, 6.45) is 4.62. The first-order valence-corrected chi connectivity index (χ1v) is 5.00. The highest BCUT2D eigenvalue weighted by Crippen LogP contribution is 2.19. The van der Waals surface area contributed by atoms with Crippen LogP contribution >= 0.6 is 0 Å². The van der Waals surface area contributed by atoms with Crippen LogP contribution in [-0.4, -0.2) is 12.1 Å². The van der Waals surface area contributed by atoms with Gasteiger partial charge in [0, 0.05) is 5.54 Å². The van der Waals surface area contributed by atoms with Gasteiger partial charge in [-0.15, -0.1) is 0 Å². The topological polar surface area (TPSA) is 52.0 Å². The number of nitrogens with two attached hydrogens (primary N) is 2. The Morgan fingerprint density at radius 3 is 2.42 bits per heavy atom. The molecule has 4 N–H and O–H groups in total. The smallest absolute Gasteiger partial charge is 0.0128 e. The molecule has 0 aromatic heterocycles. The minimum Gasteiger partial charge on any atom is -0.330 e. The minimum absolute atomic E-state index is 0.00516. The van der Waals surface area contributed by atoms with E-state index in [2.05, 4.69) is 20.8 Å². The molecule has 0 heterocycles. The molecular weight excluding hydrogens is 148 g/mol. The van der Waals surface area contributed by atoms with E-state index in [0.717, 1.165) is 19.4 Å². The fourth-order valence-electron chi connectivity index (χ4n) is 1.56. The Balaban J connectivity index is 3.69. The second-order valence-electron chi connectivity index (χ2n) is 4.30. The van der Waals surface area contributed by atoms with Gasteiger partial charge in [-0.2, -0.15) is 0 Å². The van der Waals surface area contributed by atoms with Crippen molar-refractivity contribution in [2.45, 2.75) is 52.0 Å². The van der Waals surface area contributed by atoms with Gasteiger partial charge in [-0.3, -0.25) is 0 Å². The summed E-state index contributed by atoms with van der Waals surface area (Å²) in [4.78, 5) is 0. The van der Waals surface area contributed by atoms with Gasteiger partial charge in [0.25, 0.3) is 0 Å². The summed E-state index contributed by atoms with van der Waals surface area (Å²) in [5, 5.41) is 0. The molecule has 12 heavy (non-hydrogen) atoms. The molecule has 0 bridgehead atoms. The van der Waals surface area contributed by atoms with Gasteiger partial charge in [-0.25, -0.2) is 0 Å². The molecule has 2 heteroatoms. The third kappa shape index (κ3) is 5.56. The number of unbranched alkanes of at least 4 members (excludes halogenated alkanes) is 1. The van der Waals surface area contributed by atoms with Crippen LogP contribution in [0.2, 0.25) is 0 Å². The van der Waals surface area contributed by atoms with Gasteiger partial charge in [0.2, 0.25) is 0 Å². The third-order valence-electron chi connectivity index (χ3n) is 2.32. The van der Waals surface area contributed by atoms with E-state index in [4.69, 9.17) is 11.5 Å². The standard InChI is InChI=1S/C10H24N2/c1-4-5-6-10(3,12)7-9(2)8-11/h9H,4-8,11-12H2,1-3H3. The molecule has 2 unspecified atom stereocenters. The van der Waals surface area contributed by atoms with Crippen molar-refractivity contribution in [3.63, 3.8) is 0 Å². The van der Waals surface area contributed by atoms with E-state index in [9.17, 15) is 0 Å². The van der Waals surface area contributed by atoms with Crippen molar-refractivity contribution in [3.8, 4) is 0 Å². The van der Waals surface area contributed by atoms with E-state index < -0.39 is 0 Å². The Kier molecular flexibility index (Phi) is 5.51. The van der Waals surface area contributed by atoms with Crippen LogP contribution in [0.4, 0.5) is 0 Å². The van der Waals surface area contributed by atoms with Crippen molar-refractivity contribution in [2.24, 2.45) is 17.4 Å². The van der Waals surface area contributed by atoms with Crippen LogP contribution in [0.5, 0.6) is 0 Å². The normalized spacial score (nSPS) is 18.8. The lowest BCUT2D eigenvalue weighted by Crippen LogP contribution is -2.39. The molecule has 0 aromatic rings. The molecule has 0 saturated carbocycles. The highest BCUT2D eigenvalue weighted by atomic mass is 14.7. The summed E-state index contributed by atoms with van der Waals surface area (Å²) in [5.41, 5.74) is 11.7. The van der Waals surface area contributed by atoms with Crippen LogP contribution in [0.15, 0.2) is 0 Å². The zero-order valence-corrected chi connectivity index (χ0v) is 8.77. The number of hydrogen-bond donors (Lipinski definition) is 2. The molecule has 0 aliphatic rings. The molecule has 0 rings (SSSR count). The second-order valence-corrected chi connectivity index (χ2v) is 4.30. The van der Waals surface area contributed by atoms with Gasteiger partial charge >= 0.3 is 0 Å². The average Bonchev–Trinajstić information content (AvgIpc) is 2.00. The molecule has 0 radical (unpaired) electrons. The van der Waals surface area contributed by atoms with Crippen LogP contribution in [-0.2, 0) is 0 Å². The molecule has 0 fully saturated rings. The molecule has 0 saturated heterocycles. The van der Waals surface area contributed by atoms with Crippen molar-refractivity contribution in [1.29, 1.82) is 0 Å². The first kappa shape index (κ1) is 11.9. The van der Waals surface area contributed by atoms with Gasteiger partial charge in [0.05, 0.1) is 0 Å². The van der Waals surface area contributed by atoms with Crippen LogP contribution in [0.25, 0.3) is 0 Å². The van der Waals surface area contributed by atoms with E-state index >= 15 is 0 Å². The fraction of sp³-hybridized carbons (Fsp3) is 1.00. The summed E-state index contributed by atoms with van der Waals surface area (Å²) in [6.45, 7) is 7.24. The van der Waals surface area contributed by atoms with E-state index in [1.807, 2.05) is 0 Å². The fourth-order valence-corrected chi connectivity index (χ4v) is 1.56. The van der Waals surface area contributed by atoms with Crippen molar-refractivity contribution in [1.82, 2.24) is 0 Å². The summed E-state index contributed by atoms with van der Waals surface area (Å²) >= 11 is 0. The maximum atomic E-state index is 6.12. The summed E-state index contributed by atoms with van der Waals surface area (Å²) in [6, 6.07) is 0. The van der Waals surface area contributed by atoms with Crippen LogP contribution in [0, 0.1) is 5.92 Å².